The Bertz CT molecular complexity index is 808. The summed E-state index contributed by atoms with van der Waals surface area (Å²) in [7, 11) is 1.61. The molecular formula is C23H32N2O4S. The van der Waals surface area contributed by atoms with Gasteiger partial charge in [-0.15, -0.1) is 11.3 Å². The molecule has 2 aromatic rings. The van der Waals surface area contributed by atoms with Crippen molar-refractivity contribution in [1.82, 2.24) is 10.6 Å². The number of thiophene rings is 1. The zero-order chi connectivity index (χ0) is 21.9. The van der Waals surface area contributed by atoms with Crippen molar-refractivity contribution in [2.24, 2.45) is 0 Å². The molecular weight excluding hydrogens is 400 g/mol. The van der Waals surface area contributed by atoms with Gasteiger partial charge in [0.25, 0.3) is 0 Å². The van der Waals surface area contributed by atoms with Crippen LogP contribution in [-0.4, -0.2) is 25.5 Å². The molecule has 0 fully saturated rings. The fraction of sp³-hybridized carbons (Fsp3) is 0.478. The molecule has 164 valence electrons. The van der Waals surface area contributed by atoms with Gasteiger partial charge in [-0.2, -0.15) is 0 Å². The second-order valence-electron chi connectivity index (χ2n) is 7.23. The van der Waals surface area contributed by atoms with E-state index in [1.54, 1.807) is 7.11 Å². The summed E-state index contributed by atoms with van der Waals surface area (Å²) in [5.74, 6) is 1.07. The predicted octanol–water partition coefficient (Wildman–Crippen LogP) is 4.77. The van der Waals surface area contributed by atoms with Crippen molar-refractivity contribution >= 4 is 23.2 Å². The van der Waals surface area contributed by atoms with E-state index in [-0.39, 0.29) is 30.3 Å². The Morgan fingerprint density at radius 2 is 1.93 bits per heavy atom. The second-order valence-corrected chi connectivity index (χ2v) is 8.21. The molecule has 1 aromatic carbocycles. The molecule has 1 aromatic heterocycles. The molecule has 1 heterocycles. The van der Waals surface area contributed by atoms with Gasteiger partial charge in [0.1, 0.15) is 0 Å². The van der Waals surface area contributed by atoms with E-state index in [4.69, 9.17) is 9.47 Å². The van der Waals surface area contributed by atoms with Gasteiger partial charge in [0.15, 0.2) is 11.5 Å². The summed E-state index contributed by atoms with van der Waals surface area (Å²) < 4.78 is 11.3. The van der Waals surface area contributed by atoms with Gasteiger partial charge in [-0.1, -0.05) is 31.9 Å². The first-order valence-electron chi connectivity index (χ1n) is 10.3. The molecule has 0 saturated carbocycles. The second kappa shape index (κ2) is 12.2. The Hall–Kier alpha value is -2.54. The summed E-state index contributed by atoms with van der Waals surface area (Å²) in [6, 6.07) is 9.01. The topological polar surface area (TPSA) is 76.7 Å². The molecule has 7 heteroatoms. The maximum Gasteiger partial charge on any atom is 0.222 e. The van der Waals surface area contributed by atoms with Crippen LogP contribution in [0.5, 0.6) is 11.5 Å². The minimum Gasteiger partial charge on any atom is -0.493 e. The number of carbonyl (C=O) groups excluding carboxylic acids is 2. The number of methoxy groups -OCH3 is 1. The van der Waals surface area contributed by atoms with Crippen LogP contribution in [-0.2, 0) is 9.59 Å². The first-order valence-corrected chi connectivity index (χ1v) is 11.2. The highest BCUT2D eigenvalue weighted by molar-refractivity contribution is 7.10. The summed E-state index contributed by atoms with van der Waals surface area (Å²) in [4.78, 5) is 25.1. The van der Waals surface area contributed by atoms with Crippen LogP contribution >= 0.6 is 11.3 Å². The van der Waals surface area contributed by atoms with Gasteiger partial charge < -0.3 is 20.1 Å². The largest absolute Gasteiger partial charge is 0.493 e. The molecule has 0 bridgehead atoms. The summed E-state index contributed by atoms with van der Waals surface area (Å²) in [5, 5.41) is 7.80. The Balaban J connectivity index is 1.99. The highest BCUT2D eigenvalue weighted by atomic mass is 32.1. The monoisotopic (exact) mass is 432 g/mol. The van der Waals surface area contributed by atoms with Crippen LogP contribution < -0.4 is 20.1 Å². The molecule has 30 heavy (non-hydrogen) atoms. The number of hydrogen-bond donors (Lipinski definition) is 2. The lowest BCUT2D eigenvalue weighted by molar-refractivity contribution is -0.123. The minimum absolute atomic E-state index is 0.131. The number of carbonyl (C=O) groups is 2. The van der Waals surface area contributed by atoms with Gasteiger partial charge in [0.05, 0.1) is 32.2 Å². The maximum absolute atomic E-state index is 12.6. The lowest BCUT2D eigenvalue weighted by atomic mass is 10.1. The van der Waals surface area contributed by atoms with E-state index in [2.05, 4.69) is 17.6 Å². The van der Waals surface area contributed by atoms with Gasteiger partial charge in [0.2, 0.25) is 11.8 Å². The van der Waals surface area contributed by atoms with E-state index in [0.717, 1.165) is 29.7 Å². The summed E-state index contributed by atoms with van der Waals surface area (Å²) >= 11 is 1.52. The molecule has 2 atom stereocenters. The molecule has 2 amide bonds. The van der Waals surface area contributed by atoms with E-state index in [1.165, 1.54) is 18.3 Å². The molecule has 0 spiro atoms. The van der Waals surface area contributed by atoms with Gasteiger partial charge >= 0.3 is 0 Å². The fourth-order valence-corrected chi connectivity index (χ4v) is 3.91. The third kappa shape index (κ3) is 7.37. The first kappa shape index (κ1) is 23.7. The van der Waals surface area contributed by atoms with Gasteiger partial charge in [-0.05, 0) is 42.5 Å². The molecule has 0 aliphatic carbocycles. The summed E-state index contributed by atoms with van der Waals surface area (Å²) in [5.41, 5.74) is 0.924. The van der Waals surface area contributed by atoms with Gasteiger partial charge in [-0.3, -0.25) is 9.59 Å². The van der Waals surface area contributed by atoms with Crippen LogP contribution in [0.15, 0.2) is 35.7 Å². The van der Waals surface area contributed by atoms with E-state index >= 15 is 0 Å². The maximum atomic E-state index is 12.6. The Morgan fingerprint density at radius 3 is 2.57 bits per heavy atom. The van der Waals surface area contributed by atoms with Gasteiger partial charge in [0, 0.05) is 11.8 Å². The molecule has 2 rings (SSSR count). The number of hydrogen-bond acceptors (Lipinski definition) is 5. The van der Waals surface area contributed by atoms with Crippen LogP contribution in [0.25, 0.3) is 0 Å². The highest BCUT2D eigenvalue weighted by Crippen LogP contribution is 2.31. The predicted molar refractivity (Wildman–Crippen MR) is 120 cm³/mol. The van der Waals surface area contributed by atoms with Crippen molar-refractivity contribution in [3.63, 3.8) is 0 Å². The molecule has 6 nitrogen and oxygen atoms in total. The molecule has 2 unspecified atom stereocenters. The average molecular weight is 433 g/mol. The molecule has 0 aliphatic heterocycles. The zero-order valence-electron chi connectivity index (χ0n) is 18.2. The van der Waals surface area contributed by atoms with Crippen molar-refractivity contribution in [1.29, 1.82) is 0 Å². The number of amides is 2. The van der Waals surface area contributed by atoms with E-state index in [1.807, 2.05) is 42.6 Å². The van der Waals surface area contributed by atoms with Crippen LogP contribution in [0.4, 0.5) is 0 Å². The SMILES string of the molecule is CCCCCOc1ccc(C(C)NC(=O)CC(NC(C)=O)c2cccs2)cc1OC. The first-order chi connectivity index (χ1) is 14.4. The normalized spacial score (nSPS) is 12.7. The van der Waals surface area contributed by atoms with Crippen molar-refractivity contribution in [3.05, 3.63) is 46.2 Å². The van der Waals surface area contributed by atoms with E-state index in [0.29, 0.717) is 18.1 Å². The van der Waals surface area contributed by atoms with Crippen molar-refractivity contribution < 1.29 is 19.1 Å². The molecule has 0 radical (unpaired) electrons. The Kier molecular flexibility index (Phi) is 9.67. The standard InChI is InChI=1S/C23H32N2O4S/c1-5-6-7-12-29-20-11-10-18(14-21(20)28-4)16(2)24-23(27)15-19(25-17(3)26)22-9-8-13-30-22/h8-11,13-14,16,19H,5-7,12,15H2,1-4H3,(H,24,27)(H,25,26). The third-order valence-corrected chi connectivity index (χ3v) is 5.71. The number of unbranched alkanes of at least 4 members (excludes halogenated alkanes) is 2. The molecule has 2 N–H and O–H groups in total. The third-order valence-electron chi connectivity index (χ3n) is 4.72. The zero-order valence-corrected chi connectivity index (χ0v) is 19.0. The molecule has 0 aliphatic rings. The van der Waals surface area contributed by atoms with Crippen LogP contribution in [0, 0.1) is 0 Å². The van der Waals surface area contributed by atoms with Crippen molar-refractivity contribution in [3.8, 4) is 11.5 Å². The Morgan fingerprint density at radius 1 is 1.13 bits per heavy atom. The van der Waals surface area contributed by atoms with Crippen LogP contribution in [0.3, 0.4) is 0 Å². The lowest BCUT2D eigenvalue weighted by Gasteiger charge is -2.20. The summed E-state index contributed by atoms with van der Waals surface area (Å²) in [6.45, 7) is 6.19. The average Bonchev–Trinajstić information content (AvgIpc) is 3.25. The van der Waals surface area contributed by atoms with Gasteiger partial charge in [-0.25, -0.2) is 0 Å². The number of rotatable bonds is 12. The Labute approximate surface area is 183 Å². The van der Waals surface area contributed by atoms with Crippen LogP contribution in [0.1, 0.15) is 69.0 Å². The molecule has 0 saturated heterocycles. The van der Waals surface area contributed by atoms with E-state index in [9.17, 15) is 9.59 Å². The number of nitrogens with one attached hydrogen (secondary N) is 2. The summed E-state index contributed by atoms with van der Waals surface area (Å²) in [6.07, 6.45) is 3.47. The highest BCUT2D eigenvalue weighted by Gasteiger charge is 2.20. The minimum atomic E-state index is -0.330. The smallest absolute Gasteiger partial charge is 0.222 e. The fourth-order valence-electron chi connectivity index (χ4n) is 3.13. The van der Waals surface area contributed by atoms with Crippen LogP contribution in [0.2, 0.25) is 0 Å². The number of benzene rings is 1. The number of ether oxygens (including phenoxy) is 2. The van der Waals surface area contributed by atoms with Crippen molar-refractivity contribution in [2.45, 2.75) is 58.5 Å². The van der Waals surface area contributed by atoms with Crippen molar-refractivity contribution in [2.75, 3.05) is 13.7 Å². The lowest BCUT2D eigenvalue weighted by Crippen LogP contribution is -2.33. The quantitative estimate of drug-likeness (QED) is 0.474. The van der Waals surface area contributed by atoms with E-state index < -0.39 is 0 Å².